The number of benzene rings is 1. The molecule has 1 N–H and O–H groups in total. The summed E-state index contributed by atoms with van der Waals surface area (Å²) in [6, 6.07) is 9.10. The second-order valence-electron chi connectivity index (χ2n) is 5.66. The highest BCUT2D eigenvalue weighted by atomic mass is 35.5. The molecule has 0 unspecified atom stereocenters. The number of hydrogen-bond donors (Lipinski definition) is 1. The molecule has 2 heterocycles. The summed E-state index contributed by atoms with van der Waals surface area (Å²) in [5.41, 5.74) is 3.66. The Morgan fingerprint density at radius 3 is 2.73 bits per heavy atom. The molecule has 0 radical (unpaired) electrons. The molecule has 22 heavy (non-hydrogen) atoms. The van der Waals surface area contributed by atoms with Crippen LogP contribution in [0.4, 0.5) is 0 Å². The van der Waals surface area contributed by atoms with Crippen LogP contribution in [0.15, 0.2) is 29.6 Å². The average Bonchev–Trinajstić information content (AvgIpc) is 3.05. The minimum atomic E-state index is 0. The zero-order chi connectivity index (χ0) is 13.4. The number of rotatable bonds is 3. The number of nitrogens with zero attached hydrogens (tertiary/aromatic N) is 2. The predicted molar refractivity (Wildman–Crippen MR) is 98.8 cm³/mol. The Hall–Kier alpha value is -0.810. The topological polar surface area (TPSA) is 29.3 Å². The van der Waals surface area contributed by atoms with Gasteiger partial charge in [0.2, 0.25) is 0 Å². The maximum atomic E-state index is 4.68. The second kappa shape index (κ2) is 7.64. The van der Waals surface area contributed by atoms with Crippen LogP contribution in [0.25, 0.3) is 16.0 Å². The summed E-state index contributed by atoms with van der Waals surface area (Å²) in [5, 5.41) is 5.97. The van der Waals surface area contributed by atoms with Crippen LogP contribution in [0.3, 0.4) is 0 Å². The van der Waals surface area contributed by atoms with E-state index in [-0.39, 0.29) is 24.8 Å². The first kappa shape index (κ1) is 17.5. The van der Waals surface area contributed by atoms with Crippen molar-refractivity contribution in [1.29, 1.82) is 0 Å². The van der Waals surface area contributed by atoms with E-state index in [1.807, 2.05) is 0 Å². The molecule has 4 rings (SSSR count). The van der Waals surface area contributed by atoms with Gasteiger partial charge in [0.05, 0.1) is 11.0 Å². The molecule has 0 aliphatic heterocycles. The zero-order valence-electron chi connectivity index (χ0n) is 12.3. The first-order valence-electron chi connectivity index (χ1n) is 7.49. The van der Waals surface area contributed by atoms with Crippen molar-refractivity contribution >= 4 is 52.1 Å². The molecular formula is C16H21Cl2N3S. The number of hydrogen-bond acceptors (Lipinski definition) is 3. The van der Waals surface area contributed by atoms with Crippen LogP contribution >= 0.6 is 36.2 Å². The van der Waals surface area contributed by atoms with Crippen LogP contribution in [-0.4, -0.2) is 15.4 Å². The Kier molecular flexibility index (Phi) is 6.09. The second-order valence-corrected chi connectivity index (χ2v) is 6.50. The highest BCUT2D eigenvalue weighted by Crippen LogP contribution is 2.24. The van der Waals surface area contributed by atoms with Crippen molar-refractivity contribution in [2.45, 2.75) is 44.7 Å². The molecule has 1 aromatic carbocycles. The Balaban J connectivity index is 0.000000882. The van der Waals surface area contributed by atoms with E-state index in [9.17, 15) is 0 Å². The van der Waals surface area contributed by atoms with Gasteiger partial charge in [0.25, 0.3) is 0 Å². The lowest BCUT2D eigenvalue weighted by molar-refractivity contribution is 0.371. The molecule has 0 saturated heterocycles. The van der Waals surface area contributed by atoms with Gasteiger partial charge in [-0.05, 0) is 25.0 Å². The fourth-order valence-electron chi connectivity index (χ4n) is 3.21. The van der Waals surface area contributed by atoms with Crippen LogP contribution < -0.4 is 5.32 Å². The van der Waals surface area contributed by atoms with E-state index in [4.69, 9.17) is 0 Å². The van der Waals surface area contributed by atoms with Crippen LogP contribution in [0.1, 0.15) is 37.8 Å². The van der Waals surface area contributed by atoms with Crippen molar-refractivity contribution in [2.24, 2.45) is 0 Å². The summed E-state index contributed by atoms with van der Waals surface area (Å²) in [7, 11) is 0. The fraction of sp³-hybridized carbons (Fsp3) is 0.438. The highest BCUT2D eigenvalue weighted by Gasteiger charge is 2.14. The quantitative estimate of drug-likeness (QED) is 0.728. The highest BCUT2D eigenvalue weighted by molar-refractivity contribution is 7.15. The van der Waals surface area contributed by atoms with Crippen molar-refractivity contribution in [2.75, 3.05) is 0 Å². The van der Waals surface area contributed by atoms with Crippen molar-refractivity contribution in [3.63, 3.8) is 0 Å². The first-order chi connectivity index (χ1) is 9.92. The number of fused-ring (bicyclic) bond motifs is 3. The van der Waals surface area contributed by atoms with Crippen LogP contribution in [0.5, 0.6) is 0 Å². The number of imidazole rings is 1. The normalized spacial score (nSPS) is 15.6. The van der Waals surface area contributed by atoms with E-state index in [1.165, 1.54) is 43.3 Å². The van der Waals surface area contributed by atoms with Crippen LogP contribution in [-0.2, 0) is 6.54 Å². The minimum absolute atomic E-state index is 0. The summed E-state index contributed by atoms with van der Waals surface area (Å²) >= 11 is 1.74. The largest absolute Gasteiger partial charge is 0.308 e. The van der Waals surface area contributed by atoms with Gasteiger partial charge in [0.1, 0.15) is 0 Å². The molecule has 0 bridgehead atoms. The van der Waals surface area contributed by atoms with Crippen molar-refractivity contribution < 1.29 is 0 Å². The number of aromatic nitrogens is 2. The van der Waals surface area contributed by atoms with Gasteiger partial charge in [-0.25, -0.2) is 4.98 Å². The van der Waals surface area contributed by atoms with Gasteiger partial charge >= 0.3 is 0 Å². The lowest BCUT2D eigenvalue weighted by Crippen LogP contribution is -2.30. The predicted octanol–water partition coefficient (Wildman–Crippen LogP) is 4.81. The number of thiazole rings is 1. The standard InChI is InChI=1S/C16H19N3S.2ClH/c1-2-6-12(7-3-1)17-10-13-11-20-16-18-14-8-4-5-9-15(14)19(13)16;;/h4-5,8-9,11-12,17H,1-3,6-7,10H2;2*1H. The molecule has 1 aliphatic rings. The fourth-order valence-corrected chi connectivity index (χ4v) is 4.11. The summed E-state index contributed by atoms with van der Waals surface area (Å²) in [4.78, 5) is 5.79. The van der Waals surface area contributed by atoms with Crippen molar-refractivity contribution in [3.8, 4) is 0 Å². The summed E-state index contributed by atoms with van der Waals surface area (Å²) in [6.07, 6.45) is 6.83. The SMILES string of the molecule is Cl.Cl.c1ccc2c(c1)nc1scc(CNC3CCCCC3)n12. The number of nitrogens with one attached hydrogen (secondary N) is 1. The molecule has 1 saturated carbocycles. The molecular weight excluding hydrogens is 337 g/mol. The van der Waals surface area contributed by atoms with E-state index in [1.54, 1.807) is 11.3 Å². The van der Waals surface area contributed by atoms with Gasteiger partial charge < -0.3 is 5.32 Å². The molecule has 2 aromatic heterocycles. The maximum Gasteiger partial charge on any atom is 0.194 e. The molecule has 0 atom stereocenters. The molecule has 3 nitrogen and oxygen atoms in total. The summed E-state index contributed by atoms with van der Waals surface area (Å²) in [5.74, 6) is 0. The van der Waals surface area contributed by atoms with E-state index < -0.39 is 0 Å². The molecule has 0 amide bonds. The Morgan fingerprint density at radius 1 is 1.14 bits per heavy atom. The summed E-state index contributed by atoms with van der Waals surface area (Å²) in [6.45, 7) is 0.949. The van der Waals surface area contributed by atoms with E-state index in [0.29, 0.717) is 6.04 Å². The minimum Gasteiger partial charge on any atom is -0.308 e. The molecule has 1 fully saturated rings. The molecule has 120 valence electrons. The summed E-state index contributed by atoms with van der Waals surface area (Å²) < 4.78 is 2.30. The van der Waals surface area contributed by atoms with E-state index >= 15 is 0 Å². The maximum absolute atomic E-state index is 4.68. The van der Waals surface area contributed by atoms with Gasteiger partial charge in [0.15, 0.2) is 4.96 Å². The van der Waals surface area contributed by atoms with E-state index in [2.05, 4.69) is 44.3 Å². The van der Waals surface area contributed by atoms with Gasteiger partial charge in [-0.2, -0.15) is 0 Å². The van der Waals surface area contributed by atoms with Gasteiger partial charge in [0, 0.05) is 23.7 Å². The third-order valence-corrected chi connectivity index (χ3v) is 5.17. The molecule has 6 heteroatoms. The third kappa shape index (κ3) is 3.25. The Bertz CT molecular complexity index is 731. The smallest absolute Gasteiger partial charge is 0.194 e. The molecule has 1 aliphatic carbocycles. The average molecular weight is 358 g/mol. The van der Waals surface area contributed by atoms with Crippen molar-refractivity contribution in [1.82, 2.24) is 14.7 Å². The lowest BCUT2D eigenvalue weighted by Gasteiger charge is -2.22. The third-order valence-electron chi connectivity index (χ3n) is 4.29. The Labute approximate surface area is 146 Å². The zero-order valence-corrected chi connectivity index (χ0v) is 14.8. The lowest BCUT2D eigenvalue weighted by atomic mass is 9.95. The first-order valence-corrected chi connectivity index (χ1v) is 8.37. The monoisotopic (exact) mass is 357 g/mol. The Morgan fingerprint density at radius 2 is 1.91 bits per heavy atom. The van der Waals surface area contributed by atoms with Gasteiger partial charge in [-0.3, -0.25) is 4.40 Å². The van der Waals surface area contributed by atoms with Crippen LogP contribution in [0.2, 0.25) is 0 Å². The van der Waals surface area contributed by atoms with E-state index in [0.717, 1.165) is 17.0 Å². The van der Waals surface area contributed by atoms with Crippen LogP contribution in [0, 0.1) is 0 Å². The molecule has 3 aromatic rings. The number of para-hydroxylation sites is 2. The van der Waals surface area contributed by atoms with Crippen molar-refractivity contribution in [3.05, 3.63) is 35.3 Å². The van der Waals surface area contributed by atoms with Gasteiger partial charge in [-0.15, -0.1) is 36.2 Å². The molecule has 0 spiro atoms. The number of halogens is 2. The van der Waals surface area contributed by atoms with Gasteiger partial charge in [-0.1, -0.05) is 31.4 Å².